The molecule has 0 saturated carbocycles. The fraction of sp³-hybridized carbons (Fsp3) is 0.0833. The van der Waals surface area contributed by atoms with E-state index in [4.69, 9.17) is 0 Å². The van der Waals surface area contributed by atoms with Gasteiger partial charge in [-0.3, -0.25) is 10.2 Å². The van der Waals surface area contributed by atoms with Gasteiger partial charge in [0.2, 0.25) is 0 Å². The molecule has 0 unspecified atom stereocenters. The van der Waals surface area contributed by atoms with Gasteiger partial charge < -0.3 is 4.98 Å². The fourth-order valence-electron chi connectivity index (χ4n) is 3.46. The molecule has 0 spiro atoms. The normalized spacial score (nSPS) is 13.2. The Hall–Kier alpha value is -3.64. The summed E-state index contributed by atoms with van der Waals surface area (Å²) in [5.41, 5.74) is 8.14. The summed E-state index contributed by atoms with van der Waals surface area (Å²) in [6.45, 7) is 12.1. The van der Waals surface area contributed by atoms with Crippen LogP contribution < -0.4 is 10.6 Å². The number of nitrogens with zero attached hydrogens (tertiary/aromatic N) is 2. The van der Waals surface area contributed by atoms with Crippen LogP contribution in [0.1, 0.15) is 29.3 Å². The summed E-state index contributed by atoms with van der Waals surface area (Å²) in [6, 6.07) is 4.27. The number of hydrogen-bond donors (Lipinski definition) is 3. The van der Waals surface area contributed by atoms with Gasteiger partial charge in [-0.25, -0.2) is 0 Å². The molecule has 0 amide bonds. The van der Waals surface area contributed by atoms with E-state index in [-0.39, 0.29) is 0 Å². The molecule has 5 nitrogen and oxygen atoms in total. The molecule has 6 heteroatoms. The van der Waals surface area contributed by atoms with Crippen molar-refractivity contribution in [3.05, 3.63) is 93.5 Å². The van der Waals surface area contributed by atoms with Gasteiger partial charge in [-0.05, 0) is 59.5 Å². The molecule has 0 atom stereocenters. The second kappa shape index (κ2) is 8.39. The molecule has 4 rings (SSSR count). The van der Waals surface area contributed by atoms with E-state index in [1.807, 2.05) is 37.4 Å². The Labute approximate surface area is 178 Å². The molecule has 0 aliphatic rings. The largest absolute Gasteiger partial charge is 0.357 e. The van der Waals surface area contributed by atoms with Crippen LogP contribution in [0.15, 0.2) is 60.6 Å². The van der Waals surface area contributed by atoms with Crippen molar-refractivity contribution >= 4 is 34.6 Å². The fourth-order valence-corrected chi connectivity index (χ4v) is 4.12. The molecule has 0 aromatic carbocycles. The predicted molar refractivity (Wildman–Crippen MR) is 126 cm³/mol. The third-order valence-corrected chi connectivity index (χ3v) is 5.67. The molecule has 0 saturated heterocycles. The van der Waals surface area contributed by atoms with E-state index in [1.54, 1.807) is 17.5 Å². The number of allylic oxidation sites excluding steroid dienone is 3. The van der Waals surface area contributed by atoms with Gasteiger partial charge in [0.1, 0.15) is 5.69 Å². The van der Waals surface area contributed by atoms with E-state index >= 15 is 0 Å². The van der Waals surface area contributed by atoms with Crippen molar-refractivity contribution in [2.24, 2.45) is 0 Å². The zero-order chi connectivity index (χ0) is 21.1. The second-order valence-electron chi connectivity index (χ2n) is 6.89. The van der Waals surface area contributed by atoms with E-state index in [1.165, 1.54) is 5.56 Å². The zero-order valence-corrected chi connectivity index (χ0v) is 17.8. The van der Waals surface area contributed by atoms with E-state index in [0.717, 1.165) is 49.9 Å². The summed E-state index contributed by atoms with van der Waals surface area (Å²) < 4.78 is 0. The molecule has 0 aliphatic carbocycles. The van der Waals surface area contributed by atoms with Crippen molar-refractivity contribution < 1.29 is 0 Å². The lowest BCUT2D eigenvalue weighted by Crippen LogP contribution is -2.23. The highest BCUT2D eigenvalue weighted by Crippen LogP contribution is 2.30. The first kappa shape index (κ1) is 19.7. The molecular formula is C24H23N5S. The van der Waals surface area contributed by atoms with Gasteiger partial charge in [0, 0.05) is 28.2 Å². The number of aryl methyl sites for hydroxylation is 1. The molecule has 3 N–H and O–H groups in total. The molecule has 4 aromatic heterocycles. The number of aromatic amines is 3. The predicted octanol–water partition coefficient (Wildman–Crippen LogP) is 4.41. The van der Waals surface area contributed by atoms with E-state index < -0.39 is 0 Å². The van der Waals surface area contributed by atoms with Gasteiger partial charge in [-0.15, -0.1) is 0 Å². The smallest absolute Gasteiger partial charge is 0.116 e. The standard InChI is InChI=1S/C24H23N5S/c1-5-7-19(17-8-9-30-14-17)20-11-23(27-16(20)4)24-21(22(6-2)28-29-24)10-15(3)18-12-25-26-13-18/h5-14,27-28H,1,3H2,2,4H3,(H,25,26)/b19-7-,21-10+,22-6+. The maximum atomic E-state index is 4.59. The van der Waals surface area contributed by atoms with Crippen LogP contribution >= 0.6 is 11.3 Å². The van der Waals surface area contributed by atoms with Crippen LogP contribution in [0.2, 0.25) is 0 Å². The van der Waals surface area contributed by atoms with Gasteiger partial charge in [-0.1, -0.05) is 31.4 Å². The highest BCUT2D eigenvalue weighted by Gasteiger charge is 2.15. The Balaban J connectivity index is 1.85. The van der Waals surface area contributed by atoms with Crippen molar-refractivity contribution in [3.63, 3.8) is 0 Å². The van der Waals surface area contributed by atoms with Gasteiger partial charge >= 0.3 is 0 Å². The van der Waals surface area contributed by atoms with Gasteiger partial charge in [0.25, 0.3) is 0 Å². The van der Waals surface area contributed by atoms with Crippen molar-refractivity contribution in [3.8, 4) is 11.4 Å². The van der Waals surface area contributed by atoms with Crippen LogP contribution in [0.25, 0.3) is 34.7 Å². The minimum Gasteiger partial charge on any atom is -0.357 e. The summed E-state index contributed by atoms with van der Waals surface area (Å²) in [5.74, 6) is 0. The monoisotopic (exact) mass is 413 g/mol. The van der Waals surface area contributed by atoms with Gasteiger partial charge in [0.05, 0.1) is 17.2 Å². The van der Waals surface area contributed by atoms with Crippen LogP contribution in [0.5, 0.6) is 0 Å². The Morgan fingerprint density at radius 2 is 2.13 bits per heavy atom. The van der Waals surface area contributed by atoms with Crippen LogP contribution in [0.3, 0.4) is 0 Å². The summed E-state index contributed by atoms with van der Waals surface area (Å²) in [7, 11) is 0. The highest BCUT2D eigenvalue weighted by molar-refractivity contribution is 7.08. The molecular weight excluding hydrogens is 390 g/mol. The lowest BCUT2D eigenvalue weighted by atomic mass is 10.00. The summed E-state index contributed by atoms with van der Waals surface area (Å²) in [5, 5.41) is 20.7. The van der Waals surface area contributed by atoms with Crippen LogP contribution in [-0.4, -0.2) is 25.4 Å². The molecule has 0 radical (unpaired) electrons. The molecule has 4 heterocycles. The third-order valence-electron chi connectivity index (χ3n) is 4.99. The minimum atomic E-state index is 0.852. The Bertz CT molecular complexity index is 1330. The van der Waals surface area contributed by atoms with E-state index in [2.05, 4.69) is 68.4 Å². The maximum Gasteiger partial charge on any atom is 0.116 e. The molecule has 0 fully saturated rings. The minimum absolute atomic E-state index is 0.852. The summed E-state index contributed by atoms with van der Waals surface area (Å²) in [6.07, 6.45) is 11.5. The number of H-pyrrole nitrogens is 3. The van der Waals surface area contributed by atoms with E-state index in [9.17, 15) is 0 Å². The van der Waals surface area contributed by atoms with Gasteiger partial charge in [-0.2, -0.15) is 21.5 Å². The molecule has 0 bridgehead atoms. The number of aromatic nitrogens is 5. The lowest BCUT2D eigenvalue weighted by molar-refractivity contribution is 1.06. The number of rotatable bonds is 6. The zero-order valence-electron chi connectivity index (χ0n) is 17.0. The van der Waals surface area contributed by atoms with Crippen molar-refractivity contribution in [1.29, 1.82) is 0 Å². The summed E-state index contributed by atoms with van der Waals surface area (Å²) >= 11 is 1.68. The third kappa shape index (κ3) is 3.65. The average molecular weight is 414 g/mol. The molecule has 150 valence electrons. The number of nitrogens with one attached hydrogen (secondary N) is 3. The first-order valence-electron chi connectivity index (χ1n) is 9.58. The summed E-state index contributed by atoms with van der Waals surface area (Å²) in [4.78, 5) is 3.51. The lowest BCUT2D eigenvalue weighted by Gasteiger charge is -2.03. The topological polar surface area (TPSA) is 73.2 Å². The van der Waals surface area contributed by atoms with Crippen molar-refractivity contribution in [2.75, 3.05) is 0 Å². The molecule has 30 heavy (non-hydrogen) atoms. The first-order chi connectivity index (χ1) is 14.6. The SMILES string of the molecule is C=C/C=C(/c1ccsc1)c1cc(-c2n[nH]c(=C/C)/c2=C\C(=C)c2cn[nH]c2)[nH]c1C. The van der Waals surface area contributed by atoms with Gasteiger partial charge in [0.15, 0.2) is 0 Å². The average Bonchev–Trinajstić information content (AvgIpc) is 3.53. The molecule has 4 aromatic rings. The Morgan fingerprint density at radius 1 is 1.27 bits per heavy atom. The van der Waals surface area contributed by atoms with Crippen LogP contribution in [0.4, 0.5) is 0 Å². The van der Waals surface area contributed by atoms with E-state index in [0.29, 0.717) is 0 Å². The highest BCUT2D eigenvalue weighted by atomic mass is 32.1. The second-order valence-corrected chi connectivity index (χ2v) is 7.67. The number of hydrogen-bond acceptors (Lipinski definition) is 3. The van der Waals surface area contributed by atoms with Crippen LogP contribution in [-0.2, 0) is 0 Å². The quantitative estimate of drug-likeness (QED) is 0.410. The van der Waals surface area contributed by atoms with Crippen molar-refractivity contribution in [1.82, 2.24) is 25.4 Å². The Kier molecular flexibility index (Phi) is 5.50. The van der Waals surface area contributed by atoms with Crippen LogP contribution in [0, 0.1) is 6.92 Å². The maximum absolute atomic E-state index is 4.59. The number of thiophene rings is 1. The van der Waals surface area contributed by atoms with Crippen molar-refractivity contribution in [2.45, 2.75) is 13.8 Å². The first-order valence-corrected chi connectivity index (χ1v) is 10.5. The Morgan fingerprint density at radius 3 is 2.80 bits per heavy atom. The molecule has 0 aliphatic heterocycles.